The van der Waals surface area contributed by atoms with Gasteiger partial charge in [-0.3, -0.25) is 4.90 Å². The molecule has 0 saturated carbocycles. The van der Waals surface area contributed by atoms with Crippen molar-refractivity contribution in [3.05, 3.63) is 96.7 Å². The minimum atomic E-state index is -1.72. The Morgan fingerprint density at radius 3 is 2.51 bits per heavy atom. The number of nitrogen functional groups attached to an aromatic ring is 1. The smallest absolute Gasteiger partial charge is 0.220 e. The first kappa shape index (κ1) is 26.6. The van der Waals surface area contributed by atoms with Crippen LogP contribution in [0.2, 0.25) is 0 Å². The third-order valence-electron chi connectivity index (χ3n) is 7.28. The molecule has 3 N–H and O–H groups in total. The number of aromatic nitrogens is 7. The fraction of sp³-hybridized carbons (Fsp3) is 0.250. The summed E-state index contributed by atoms with van der Waals surface area (Å²) < 4.78 is 45.7. The lowest BCUT2D eigenvalue weighted by molar-refractivity contribution is -0.0170. The molecule has 2 aromatic carbocycles. The highest BCUT2D eigenvalue weighted by Crippen LogP contribution is 2.36. The molecule has 2 atom stereocenters. The van der Waals surface area contributed by atoms with E-state index in [1.807, 2.05) is 9.47 Å². The van der Waals surface area contributed by atoms with Crippen LogP contribution in [0.3, 0.4) is 0 Å². The molecule has 0 amide bonds. The first-order chi connectivity index (χ1) is 19.8. The van der Waals surface area contributed by atoms with Gasteiger partial charge < -0.3 is 15.4 Å². The number of likely N-dealkylation sites (tertiary alicyclic amines) is 1. The molecule has 13 heteroatoms. The first-order valence-electron chi connectivity index (χ1n) is 12.9. The monoisotopic (exact) mass is 561 g/mol. The van der Waals surface area contributed by atoms with Crippen LogP contribution in [0.1, 0.15) is 18.0 Å². The zero-order chi connectivity index (χ0) is 28.6. The van der Waals surface area contributed by atoms with Crippen LogP contribution in [-0.2, 0) is 12.1 Å². The van der Waals surface area contributed by atoms with E-state index >= 15 is 0 Å². The van der Waals surface area contributed by atoms with Crippen molar-refractivity contribution in [3.8, 4) is 22.6 Å². The Morgan fingerprint density at radius 1 is 0.976 bits per heavy atom. The normalized spacial score (nSPS) is 17.1. The van der Waals surface area contributed by atoms with Gasteiger partial charge in [-0.1, -0.05) is 6.07 Å². The van der Waals surface area contributed by atoms with E-state index in [9.17, 15) is 18.3 Å². The van der Waals surface area contributed by atoms with Crippen LogP contribution in [0.4, 0.5) is 19.1 Å². The van der Waals surface area contributed by atoms with Gasteiger partial charge in [-0.2, -0.15) is 5.10 Å². The van der Waals surface area contributed by atoms with E-state index < -0.39 is 17.2 Å². The highest BCUT2D eigenvalue weighted by molar-refractivity contribution is 5.77. The molecule has 41 heavy (non-hydrogen) atoms. The van der Waals surface area contributed by atoms with Crippen molar-refractivity contribution in [2.45, 2.75) is 24.6 Å². The van der Waals surface area contributed by atoms with Crippen LogP contribution >= 0.6 is 0 Å². The third-order valence-corrected chi connectivity index (χ3v) is 7.28. The Kier molecular flexibility index (Phi) is 6.97. The standard InChI is InChI=1S/C28H26F3N9O/c29-19-3-1-18(2-4-19)25-26(24-7-9-34-27(32)37-24)40(17-35-25)21-8-10-38(12-21)13-28(41,14-39-16-33-15-36-39)22-6-5-20(30)11-23(22)31/h1-7,9,11,15-17,21,41H,8,10,12-14H2,(H2,32,34,37)/t21?,28-/m1/s1. The summed E-state index contributed by atoms with van der Waals surface area (Å²) in [6, 6.07) is 10.8. The molecule has 10 nitrogen and oxygen atoms in total. The second-order valence-electron chi connectivity index (χ2n) is 10.1. The molecule has 0 spiro atoms. The summed E-state index contributed by atoms with van der Waals surface area (Å²) in [6.07, 6.45) is 6.72. The van der Waals surface area contributed by atoms with E-state index in [0.717, 1.165) is 12.1 Å². The minimum Gasteiger partial charge on any atom is -0.382 e. The second kappa shape index (κ2) is 10.7. The molecule has 1 saturated heterocycles. The Hall–Kier alpha value is -4.62. The molecule has 0 aliphatic carbocycles. The van der Waals surface area contributed by atoms with Gasteiger partial charge in [-0.25, -0.2) is 37.8 Å². The lowest BCUT2D eigenvalue weighted by atomic mass is 9.92. The summed E-state index contributed by atoms with van der Waals surface area (Å²) in [5, 5.41) is 15.9. The van der Waals surface area contributed by atoms with E-state index in [2.05, 4.69) is 25.0 Å². The molecule has 4 heterocycles. The van der Waals surface area contributed by atoms with Gasteiger partial charge in [-0.05, 0) is 42.8 Å². The van der Waals surface area contributed by atoms with Gasteiger partial charge in [0.05, 0.1) is 30.0 Å². The zero-order valence-corrected chi connectivity index (χ0v) is 21.8. The fourth-order valence-corrected chi connectivity index (χ4v) is 5.44. The number of hydrogen-bond acceptors (Lipinski definition) is 8. The van der Waals surface area contributed by atoms with Gasteiger partial charge in [0.2, 0.25) is 5.95 Å². The predicted octanol–water partition coefficient (Wildman–Crippen LogP) is 3.43. The van der Waals surface area contributed by atoms with Crippen LogP contribution < -0.4 is 5.73 Å². The second-order valence-corrected chi connectivity index (χ2v) is 10.1. The molecular formula is C28H26F3N9O. The SMILES string of the molecule is Nc1nccc(-c2c(-c3ccc(F)cc3)ncn2C2CCN(C[C@@](O)(Cn3cncn3)c3ccc(F)cc3F)C2)n1. The largest absolute Gasteiger partial charge is 0.382 e. The number of rotatable bonds is 8. The Balaban J connectivity index is 1.32. The maximum absolute atomic E-state index is 14.9. The molecule has 1 fully saturated rings. The number of aliphatic hydroxyl groups is 1. The molecule has 1 unspecified atom stereocenters. The average molecular weight is 562 g/mol. The number of β-amino-alcohol motifs (C(OH)–C–C–N with tert-alkyl or cyclic N) is 1. The molecule has 0 radical (unpaired) electrons. The summed E-state index contributed by atoms with van der Waals surface area (Å²) in [5.74, 6) is -1.83. The molecule has 3 aromatic heterocycles. The van der Waals surface area contributed by atoms with Crippen molar-refractivity contribution in [3.63, 3.8) is 0 Å². The van der Waals surface area contributed by atoms with Gasteiger partial charge >= 0.3 is 0 Å². The van der Waals surface area contributed by atoms with Crippen LogP contribution in [0.5, 0.6) is 0 Å². The Bertz CT molecular complexity index is 1660. The van der Waals surface area contributed by atoms with E-state index in [0.29, 0.717) is 42.2 Å². The minimum absolute atomic E-state index is 0.0313. The molecule has 0 bridgehead atoms. The molecule has 1 aliphatic heterocycles. The van der Waals surface area contributed by atoms with Gasteiger partial charge in [-0.15, -0.1) is 0 Å². The Labute approximate surface area is 233 Å². The number of nitrogens with two attached hydrogens (primary N) is 1. The molecule has 1 aliphatic rings. The summed E-state index contributed by atoms with van der Waals surface area (Å²) in [6.45, 7) is 1.06. The predicted molar refractivity (Wildman–Crippen MR) is 143 cm³/mol. The van der Waals surface area contributed by atoms with Crippen LogP contribution in [0.25, 0.3) is 22.6 Å². The van der Waals surface area contributed by atoms with Crippen molar-refractivity contribution in [2.24, 2.45) is 0 Å². The fourth-order valence-electron chi connectivity index (χ4n) is 5.44. The number of hydrogen-bond donors (Lipinski definition) is 2. The van der Waals surface area contributed by atoms with Gasteiger partial charge in [0.15, 0.2) is 0 Å². The summed E-state index contributed by atoms with van der Waals surface area (Å²) in [7, 11) is 0. The van der Waals surface area contributed by atoms with Crippen molar-refractivity contribution in [1.29, 1.82) is 0 Å². The molecule has 5 aromatic rings. The van der Waals surface area contributed by atoms with E-state index in [1.165, 1.54) is 35.5 Å². The Morgan fingerprint density at radius 2 is 1.78 bits per heavy atom. The van der Waals surface area contributed by atoms with Crippen molar-refractivity contribution in [1.82, 2.24) is 39.2 Å². The summed E-state index contributed by atoms with van der Waals surface area (Å²) >= 11 is 0. The number of nitrogens with zero attached hydrogens (tertiary/aromatic N) is 8. The summed E-state index contributed by atoms with van der Waals surface area (Å²) in [5.41, 5.74) is 6.71. The maximum Gasteiger partial charge on any atom is 0.220 e. The number of halogens is 3. The van der Waals surface area contributed by atoms with Gasteiger partial charge in [0.25, 0.3) is 0 Å². The van der Waals surface area contributed by atoms with E-state index in [4.69, 9.17) is 5.73 Å². The molecular weight excluding hydrogens is 535 g/mol. The topological polar surface area (TPSA) is 124 Å². The number of anilines is 1. The maximum atomic E-state index is 14.9. The zero-order valence-electron chi connectivity index (χ0n) is 21.8. The van der Waals surface area contributed by atoms with Crippen molar-refractivity contribution < 1.29 is 18.3 Å². The van der Waals surface area contributed by atoms with Crippen molar-refractivity contribution in [2.75, 3.05) is 25.4 Å². The highest BCUT2D eigenvalue weighted by Gasteiger charge is 2.38. The number of imidazole rings is 1. The lowest BCUT2D eigenvalue weighted by Gasteiger charge is -2.33. The van der Waals surface area contributed by atoms with Gasteiger partial charge in [0, 0.05) is 49.1 Å². The first-order valence-corrected chi connectivity index (χ1v) is 12.9. The van der Waals surface area contributed by atoms with E-state index in [1.54, 1.807) is 30.7 Å². The van der Waals surface area contributed by atoms with Crippen LogP contribution in [0.15, 0.2) is 73.7 Å². The third kappa shape index (κ3) is 5.41. The lowest BCUT2D eigenvalue weighted by Crippen LogP contribution is -2.44. The van der Waals surface area contributed by atoms with Crippen LogP contribution in [0, 0.1) is 17.5 Å². The summed E-state index contributed by atoms with van der Waals surface area (Å²) in [4.78, 5) is 19.0. The number of benzene rings is 2. The van der Waals surface area contributed by atoms with Gasteiger partial charge in [0.1, 0.15) is 35.7 Å². The molecule has 6 rings (SSSR count). The quantitative estimate of drug-likeness (QED) is 0.295. The van der Waals surface area contributed by atoms with Crippen molar-refractivity contribution >= 4 is 5.95 Å². The molecule has 210 valence electrons. The average Bonchev–Trinajstić information content (AvgIpc) is 3.70. The van der Waals surface area contributed by atoms with E-state index in [-0.39, 0.29) is 36.5 Å². The highest BCUT2D eigenvalue weighted by atomic mass is 19.1. The van der Waals surface area contributed by atoms with Crippen LogP contribution in [-0.4, -0.2) is 63.9 Å².